The summed E-state index contributed by atoms with van der Waals surface area (Å²) in [6.07, 6.45) is 1.51. The molecule has 1 aromatic rings. The van der Waals surface area contributed by atoms with Crippen molar-refractivity contribution in [1.82, 2.24) is 10.6 Å². The predicted octanol–water partition coefficient (Wildman–Crippen LogP) is -0.00380. The Morgan fingerprint density at radius 3 is 3.20 bits per heavy atom. The van der Waals surface area contributed by atoms with Crippen LogP contribution in [0.1, 0.15) is 10.6 Å². The second-order valence-electron chi connectivity index (χ2n) is 3.49. The first-order valence-electron chi connectivity index (χ1n) is 4.89. The number of hydrogen-bond acceptors (Lipinski definition) is 4. The largest absolute Gasteiger partial charge is 0.459 e. The average Bonchev–Trinajstić information content (AvgIpc) is 2.87. The molecule has 1 aromatic heterocycles. The van der Waals surface area contributed by atoms with Gasteiger partial charge in [0.1, 0.15) is 0 Å². The molecule has 0 saturated carbocycles. The fraction of sp³-hybridized carbons (Fsp3) is 0.500. The number of carbonyl (C=O) groups is 1. The highest BCUT2D eigenvalue weighted by molar-refractivity contribution is 5.91. The third-order valence-corrected chi connectivity index (χ3v) is 2.52. The molecule has 5 nitrogen and oxygen atoms in total. The smallest absolute Gasteiger partial charge is 0.287 e. The molecule has 1 aliphatic rings. The van der Waals surface area contributed by atoms with Gasteiger partial charge < -0.3 is 19.8 Å². The Bertz CT molecular complexity index is 323. The molecule has 1 amide bonds. The van der Waals surface area contributed by atoms with Crippen LogP contribution in [0.4, 0.5) is 0 Å². The molecule has 0 radical (unpaired) electrons. The standard InChI is InChI=1S/C10H14N2O3/c1-14-9-6-11-5-7(9)12-10(13)8-3-2-4-15-8/h2-4,7,9,11H,5-6H2,1H3,(H,12,13)/t7?,9-/m0/s1. The van der Waals surface area contributed by atoms with Crippen molar-refractivity contribution in [2.24, 2.45) is 0 Å². The molecule has 15 heavy (non-hydrogen) atoms. The van der Waals surface area contributed by atoms with Gasteiger partial charge in [-0.15, -0.1) is 0 Å². The summed E-state index contributed by atoms with van der Waals surface area (Å²) >= 11 is 0. The van der Waals surface area contributed by atoms with E-state index < -0.39 is 0 Å². The number of ether oxygens (including phenoxy) is 1. The number of carbonyl (C=O) groups excluding carboxylic acids is 1. The molecule has 0 bridgehead atoms. The molecule has 2 rings (SSSR count). The Balaban J connectivity index is 1.94. The molecule has 5 heteroatoms. The summed E-state index contributed by atoms with van der Waals surface area (Å²) in [6.45, 7) is 1.49. The lowest BCUT2D eigenvalue weighted by molar-refractivity contribution is 0.0760. The summed E-state index contributed by atoms with van der Waals surface area (Å²) in [5.74, 6) is 0.132. The second kappa shape index (κ2) is 4.46. The van der Waals surface area contributed by atoms with E-state index in [0.717, 1.165) is 13.1 Å². The minimum Gasteiger partial charge on any atom is -0.459 e. The molecule has 1 aliphatic heterocycles. The fourth-order valence-electron chi connectivity index (χ4n) is 1.69. The van der Waals surface area contributed by atoms with Gasteiger partial charge >= 0.3 is 0 Å². The lowest BCUT2D eigenvalue weighted by Crippen LogP contribution is -2.43. The quantitative estimate of drug-likeness (QED) is 0.737. The summed E-state index contributed by atoms with van der Waals surface area (Å²) in [5, 5.41) is 6.02. The van der Waals surface area contributed by atoms with Crippen molar-refractivity contribution < 1.29 is 13.9 Å². The monoisotopic (exact) mass is 210 g/mol. The Morgan fingerprint density at radius 2 is 2.53 bits per heavy atom. The van der Waals surface area contributed by atoms with Crippen LogP contribution in [0.2, 0.25) is 0 Å². The van der Waals surface area contributed by atoms with Crippen molar-refractivity contribution in [3.63, 3.8) is 0 Å². The molecule has 82 valence electrons. The summed E-state index contributed by atoms with van der Waals surface area (Å²) in [6, 6.07) is 3.34. The van der Waals surface area contributed by atoms with E-state index in [4.69, 9.17) is 9.15 Å². The van der Waals surface area contributed by atoms with Crippen LogP contribution in [-0.2, 0) is 4.74 Å². The zero-order valence-electron chi connectivity index (χ0n) is 8.53. The summed E-state index contributed by atoms with van der Waals surface area (Å²) in [5.41, 5.74) is 0. The van der Waals surface area contributed by atoms with Gasteiger partial charge in [0.2, 0.25) is 0 Å². The Hall–Kier alpha value is -1.33. The maximum absolute atomic E-state index is 11.6. The molecule has 0 aromatic carbocycles. The number of furan rings is 1. The molecule has 1 fully saturated rings. The highest BCUT2D eigenvalue weighted by atomic mass is 16.5. The van der Waals surface area contributed by atoms with E-state index in [1.165, 1.54) is 6.26 Å². The van der Waals surface area contributed by atoms with E-state index in [-0.39, 0.29) is 18.1 Å². The van der Waals surface area contributed by atoms with Crippen LogP contribution < -0.4 is 10.6 Å². The van der Waals surface area contributed by atoms with Gasteiger partial charge in [0, 0.05) is 20.2 Å². The molecule has 1 unspecified atom stereocenters. The molecule has 0 spiro atoms. The highest BCUT2D eigenvalue weighted by Gasteiger charge is 2.28. The van der Waals surface area contributed by atoms with E-state index in [2.05, 4.69) is 10.6 Å². The van der Waals surface area contributed by atoms with Crippen LogP contribution >= 0.6 is 0 Å². The Morgan fingerprint density at radius 1 is 1.67 bits per heavy atom. The number of amides is 1. The lowest BCUT2D eigenvalue weighted by Gasteiger charge is -2.17. The zero-order valence-corrected chi connectivity index (χ0v) is 8.53. The van der Waals surface area contributed by atoms with E-state index in [0.29, 0.717) is 5.76 Å². The molecular formula is C10H14N2O3. The van der Waals surface area contributed by atoms with Crippen molar-refractivity contribution >= 4 is 5.91 Å². The van der Waals surface area contributed by atoms with E-state index in [1.54, 1.807) is 19.2 Å². The normalized spacial score (nSPS) is 25.4. The van der Waals surface area contributed by atoms with Gasteiger partial charge in [-0.25, -0.2) is 0 Å². The Kier molecular flexibility index (Phi) is 3.03. The van der Waals surface area contributed by atoms with Gasteiger partial charge in [-0.2, -0.15) is 0 Å². The van der Waals surface area contributed by atoms with Crippen molar-refractivity contribution in [1.29, 1.82) is 0 Å². The van der Waals surface area contributed by atoms with E-state index in [9.17, 15) is 4.79 Å². The highest BCUT2D eigenvalue weighted by Crippen LogP contribution is 2.06. The minimum absolute atomic E-state index is 0.00704. The van der Waals surface area contributed by atoms with Crippen molar-refractivity contribution in [2.45, 2.75) is 12.1 Å². The van der Waals surface area contributed by atoms with Crippen LogP contribution in [0.3, 0.4) is 0 Å². The second-order valence-corrected chi connectivity index (χ2v) is 3.49. The first-order chi connectivity index (χ1) is 7.31. The third-order valence-electron chi connectivity index (χ3n) is 2.52. The predicted molar refractivity (Wildman–Crippen MR) is 53.6 cm³/mol. The van der Waals surface area contributed by atoms with Gasteiger partial charge in [0.15, 0.2) is 5.76 Å². The van der Waals surface area contributed by atoms with Gasteiger partial charge in [-0.05, 0) is 12.1 Å². The summed E-state index contributed by atoms with van der Waals surface area (Å²) in [4.78, 5) is 11.6. The molecule has 2 atom stereocenters. The minimum atomic E-state index is -0.198. The van der Waals surface area contributed by atoms with Crippen LogP contribution in [0.15, 0.2) is 22.8 Å². The lowest BCUT2D eigenvalue weighted by atomic mass is 10.2. The van der Waals surface area contributed by atoms with Gasteiger partial charge in [-0.3, -0.25) is 4.79 Å². The maximum Gasteiger partial charge on any atom is 0.287 e. The summed E-state index contributed by atoms with van der Waals surface area (Å²) in [7, 11) is 1.64. The maximum atomic E-state index is 11.6. The zero-order chi connectivity index (χ0) is 10.7. The topological polar surface area (TPSA) is 63.5 Å². The number of methoxy groups -OCH3 is 1. The number of nitrogens with one attached hydrogen (secondary N) is 2. The molecule has 1 saturated heterocycles. The van der Waals surface area contributed by atoms with Crippen LogP contribution in [0, 0.1) is 0 Å². The number of rotatable bonds is 3. The SMILES string of the molecule is CO[C@H]1CNCC1NC(=O)c1ccco1. The van der Waals surface area contributed by atoms with E-state index >= 15 is 0 Å². The van der Waals surface area contributed by atoms with Crippen LogP contribution in [0.25, 0.3) is 0 Å². The fourth-order valence-corrected chi connectivity index (χ4v) is 1.69. The van der Waals surface area contributed by atoms with Gasteiger partial charge in [0.25, 0.3) is 5.91 Å². The number of hydrogen-bond donors (Lipinski definition) is 2. The molecular weight excluding hydrogens is 196 g/mol. The first-order valence-corrected chi connectivity index (χ1v) is 4.89. The average molecular weight is 210 g/mol. The van der Waals surface area contributed by atoms with Crippen LogP contribution in [0.5, 0.6) is 0 Å². The molecule has 2 N–H and O–H groups in total. The van der Waals surface area contributed by atoms with Crippen molar-refractivity contribution in [2.75, 3.05) is 20.2 Å². The van der Waals surface area contributed by atoms with Gasteiger partial charge in [0.05, 0.1) is 18.4 Å². The third kappa shape index (κ3) is 2.19. The van der Waals surface area contributed by atoms with E-state index in [1.807, 2.05) is 0 Å². The molecule has 0 aliphatic carbocycles. The van der Waals surface area contributed by atoms with Crippen molar-refractivity contribution in [3.05, 3.63) is 24.2 Å². The Labute approximate surface area is 87.8 Å². The van der Waals surface area contributed by atoms with Crippen molar-refractivity contribution in [3.8, 4) is 0 Å². The van der Waals surface area contributed by atoms with Crippen LogP contribution in [-0.4, -0.2) is 38.3 Å². The molecule has 2 heterocycles. The van der Waals surface area contributed by atoms with Gasteiger partial charge in [-0.1, -0.05) is 0 Å². The summed E-state index contributed by atoms with van der Waals surface area (Å²) < 4.78 is 10.2. The first kappa shape index (κ1) is 10.2.